The van der Waals surface area contributed by atoms with Gasteiger partial charge < -0.3 is 0 Å². The summed E-state index contributed by atoms with van der Waals surface area (Å²) >= 11 is 2.25. The SMILES string of the molecule is C1CC(SB2CC2)C1. The molecular weight excluding hydrogens is 115 g/mol. The van der Waals surface area contributed by atoms with Gasteiger partial charge in [0.1, 0.15) is 0 Å². The molecule has 0 atom stereocenters. The second-order valence-electron chi connectivity index (χ2n) is 2.89. The first kappa shape index (κ1) is 5.22. The summed E-state index contributed by atoms with van der Waals surface area (Å²) in [6.45, 7) is 0. The molecule has 0 radical (unpaired) electrons. The van der Waals surface area contributed by atoms with E-state index < -0.39 is 0 Å². The maximum Gasteiger partial charge on any atom is 0.208 e. The summed E-state index contributed by atoms with van der Waals surface area (Å²) in [6, 6.07) is 0. The van der Waals surface area contributed by atoms with Gasteiger partial charge in [-0.3, -0.25) is 0 Å². The molecule has 0 aromatic rings. The number of hydrogen-bond acceptors (Lipinski definition) is 1. The van der Waals surface area contributed by atoms with Crippen LogP contribution in [-0.4, -0.2) is 11.2 Å². The molecule has 0 bridgehead atoms. The lowest BCUT2D eigenvalue weighted by Crippen LogP contribution is -2.14. The highest BCUT2D eigenvalue weighted by molar-refractivity contribution is 8.27. The van der Waals surface area contributed by atoms with Crippen molar-refractivity contribution in [1.82, 2.24) is 0 Å². The Labute approximate surface area is 55.4 Å². The molecule has 1 aliphatic heterocycles. The van der Waals surface area contributed by atoms with Crippen molar-refractivity contribution < 1.29 is 0 Å². The van der Waals surface area contributed by atoms with Crippen molar-refractivity contribution in [2.45, 2.75) is 37.2 Å². The molecule has 0 N–H and O–H groups in total. The highest BCUT2D eigenvalue weighted by atomic mass is 32.2. The topological polar surface area (TPSA) is 0 Å². The Morgan fingerprint density at radius 1 is 1.25 bits per heavy atom. The van der Waals surface area contributed by atoms with Crippen molar-refractivity contribution >= 4 is 17.6 Å². The fraction of sp³-hybridized carbons (Fsp3) is 1.00. The number of rotatable bonds is 2. The van der Waals surface area contributed by atoms with Crippen molar-refractivity contribution in [3.8, 4) is 0 Å². The monoisotopic (exact) mass is 126 g/mol. The van der Waals surface area contributed by atoms with Gasteiger partial charge in [-0.25, -0.2) is 11.6 Å². The maximum atomic E-state index is 2.25. The van der Waals surface area contributed by atoms with Crippen LogP contribution in [0.2, 0.25) is 12.6 Å². The van der Waals surface area contributed by atoms with E-state index in [1.807, 2.05) is 0 Å². The molecule has 0 amide bonds. The van der Waals surface area contributed by atoms with Crippen LogP contribution in [0.25, 0.3) is 0 Å². The van der Waals surface area contributed by atoms with Gasteiger partial charge in [0, 0.05) is 0 Å². The first-order valence-corrected chi connectivity index (χ1v) is 4.55. The molecule has 0 nitrogen and oxygen atoms in total. The van der Waals surface area contributed by atoms with Gasteiger partial charge in [0.15, 0.2) is 0 Å². The first-order chi connectivity index (χ1) is 3.95. The van der Waals surface area contributed by atoms with Crippen molar-refractivity contribution in [3.05, 3.63) is 0 Å². The van der Waals surface area contributed by atoms with Crippen LogP contribution in [0, 0.1) is 0 Å². The van der Waals surface area contributed by atoms with Crippen molar-refractivity contribution in [1.29, 1.82) is 0 Å². The highest BCUT2D eigenvalue weighted by Crippen LogP contribution is 2.41. The van der Waals surface area contributed by atoms with Crippen LogP contribution in [0.15, 0.2) is 0 Å². The first-order valence-electron chi connectivity index (χ1n) is 3.60. The third kappa shape index (κ3) is 1.05. The van der Waals surface area contributed by atoms with E-state index in [0.29, 0.717) is 0 Å². The second-order valence-corrected chi connectivity index (χ2v) is 4.49. The standard InChI is InChI=1S/C6H11BS/c1-2-6(3-1)8-7-4-5-7/h6H,1-5H2. The molecule has 8 heavy (non-hydrogen) atoms. The molecule has 2 rings (SSSR count). The molecule has 0 aromatic heterocycles. The van der Waals surface area contributed by atoms with Crippen LogP contribution in [0.4, 0.5) is 0 Å². The van der Waals surface area contributed by atoms with E-state index in [9.17, 15) is 0 Å². The fourth-order valence-corrected chi connectivity index (χ4v) is 2.54. The van der Waals surface area contributed by atoms with Gasteiger partial charge in [-0.2, -0.15) is 0 Å². The number of hydrogen-bond donors (Lipinski definition) is 0. The minimum absolute atomic E-state index is 1.09. The highest BCUT2D eigenvalue weighted by Gasteiger charge is 2.32. The van der Waals surface area contributed by atoms with Crippen molar-refractivity contribution in [2.24, 2.45) is 0 Å². The second kappa shape index (κ2) is 1.98. The van der Waals surface area contributed by atoms with Crippen molar-refractivity contribution in [3.63, 3.8) is 0 Å². The average molecular weight is 126 g/mol. The molecule has 44 valence electrons. The van der Waals surface area contributed by atoms with Crippen molar-refractivity contribution in [2.75, 3.05) is 0 Å². The van der Waals surface area contributed by atoms with E-state index in [0.717, 1.165) is 11.2 Å². The third-order valence-corrected chi connectivity index (χ3v) is 3.67. The molecule has 0 aromatic carbocycles. The molecule has 1 aliphatic carbocycles. The van der Waals surface area contributed by atoms with Gasteiger partial charge >= 0.3 is 0 Å². The lowest BCUT2D eigenvalue weighted by Gasteiger charge is -2.24. The maximum absolute atomic E-state index is 2.25. The summed E-state index contributed by atoms with van der Waals surface area (Å²) in [5.74, 6) is 1.10. The zero-order chi connectivity index (χ0) is 5.40. The summed E-state index contributed by atoms with van der Waals surface area (Å²) < 4.78 is 0. The Kier molecular flexibility index (Phi) is 1.29. The van der Waals surface area contributed by atoms with Gasteiger partial charge in [-0.1, -0.05) is 19.1 Å². The largest absolute Gasteiger partial charge is 0.208 e. The van der Waals surface area contributed by atoms with Crippen LogP contribution in [0.3, 0.4) is 0 Å². The zero-order valence-corrected chi connectivity index (χ0v) is 5.91. The van der Waals surface area contributed by atoms with Gasteiger partial charge in [0.05, 0.1) is 0 Å². The Morgan fingerprint density at radius 3 is 2.38 bits per heavy atom. The van der Waals surface area contributed by atoms with Gasteiger partial charge in [-0.15, -0.1) is 0 Å². The summed E-state index contributed by atoms with van der Waals surface area (Å²) in [6.07, 6.45) is 7.56. The molecule has 1 saturated carbocycles. The summed E-state index contributed by atoms with van der Waals surface area (Å²) in [7, 11) is 0. The molecule has 2 heteroatoms. The van der Waals surface area contributed by atoms with E-state index in [1.54, 1.807) is 0 Å². The molecule has 0 unspecified atom stereocenters. The molecule has 1 saturated heterocycles. The minimum Gasteiger partial charge on any atom is -0.207 e. The Hall–Kier alpha value is 0.415. The summed E-state index contributed by atoms with van der Waals surface area (Å²) in [4.78, 5) is 0. The lowest BCUT2D eigenvalue weighted by molar-refractivity contribution is 0.524. The predicted octanol–water partition coefficient (Wildman–Crippen LogP) is 2.28. The molecule has 0 spiro atoms. The molecule has 2 aliphatic rings. The van der Waals surface area contributed by atoms with E-state index in [4.69, 9.17) is 0 Å². The van der Waals surface area contributed by atoms with E-state index in [-0.39, 0.29) is 0 Å². The normalized spacial score (nSPS) is 27.8. The van der Waals surface area contributed by atoms with Gasteiger partial charge in [-0.05, 0) is 18.1 Å². The Morgan fingerprint density at radius 2 is 2.00 bits per heavy atom. The van der Waals surface area contributed by atoms with Crippen LogP contribution >= 0.6 is 11.6 Å². The zero-order valence-electron chi connectivity index (χ0n) is 5.10. The van der Waals surface area contributed by atoms with Crippen LogP contribution in [0.1, 0.15) is 19.3 Å². The smallest absolute Gasteiger partial charge is 0.207 e. The Balaban J connectivity index is 1.66. The fourth-order valence-electron chi connectivity index (χ4n) is 0.983. The summed E-state index contributed by atoms with van der Waals surface area (Å²) in [5.41, 5.74) is 0. The van der Waals surface area contributed by atoms with Crippen LogP contribution in [-0.2, 0) is 0 Å². The quantitative estimate of drug-likeness (QED) is 0.511. The van der Waals surface area contributed by atoms with E-state index in [1.165, 1.54) is 31.9 Å². The van der Waals surface area contributed by atoms with Crippen LogP contribution in [0.5, 0.6) is 0 Å². The molecule has 2 fully saturated rings. The molecular formula is C6H11BS. The third-order valence-electron chi connectivity index (χ3n) is 1.96. The molecule has 1 heterocycles. The lowest BCUT2D eigenvalue weighted by atomic mass is 10.00. The summed E-state index contributed by atoms with van der Waals surface area (Å²) in [5, 5.41) is 1.09. The minimum atomic E-state index is 1.09. The average Bonchev–Trinajstić information content (AvgIpc) is 2.36. The van der Waals surface area contributed by atoms with Gasteiger partial charge in [0.25, 0.3) is 0 Å². The Bertz CT molecular complexity index is 86.5. The van der Waals surface area contributed by atoms with E-state index in [2.05, 4.69) is 11.6 Å². The predicted molar refractivity (Wildman–Crippen MR) is 40.6 cm³/mol. The van der Waals surface area contributed by atoms with Gasteiger partial charge in [0.2, 0.25) is 5.99 Å². The van der Waals surface area contributed by atoms with E-state index >= 15 is 0 Å². The van der Waals surface area contributed by atoms with Crippen LogP contribution < -0.4 is 0 Å².